The van der Waals surface area contributed by atoms with E-state index in [4.69, 9.17) is 0 Å². The Bertz CT molecular complexity index is 498. The number of hydrogen-bond acceptors (Lipinski definition) is 0. The van der Waals surface area contributed by atoms with E-state index in [1.54, 1.807) is 0 Å². The fourth-order valence-corrected chi connectivity index (χ4v) is 2.41. The monoisotopic (exact) mass is 201 g/mol. The van der Waals surface area contributed by atoms with Crippen LogP contribution in [0, 0.1) is 13.8 Å². The molecule has 0 atom stereocenters. The van der Waals surface area contributed by atoms with Crippen LogP contribution >= 0.6 is 0 Å². The number of rotatable bonds is 0. The SMILES string of the molecule is Cc1cc2[nH]ccc2c(C(C)(C)C)c1C. The lowest BCUT2D eigenvalue weighted by Crippen LogP contribution is -2.14. The van der Waals surface area contributed by atoms with Crippen molar-refractivity contribution in [3.05, 3.63) is 35.0 Å². The number of fused-ring (bicyclic) bond motifs is 1. The summed E-state index contributed by atoms with van der Waals surface area (Å²) in [5.41, 5.74) is 5.72. The molecule has 0 spiro atoms. The smallest absolute Gasteiger partial charge is 0.0459 e. The summed E-state index contributed by atoms with van der Waals surface area (Å²) >= 11 is 0. The average Bonchev–Trinajstić information content (AvgIpc) is 2.50. The molecule has 0 aliphatic carbocycles. The first-order chi connectivity index (χ1) is 6.91. The molecule has 0 amide bonds. The molecular formula is C14H19N. The Kier molecular flexibility index (Phi) is 2.14. The summed E-state index contributed by atoms with van der Waals surface area (Å²) in [4.78, 5) is 3.30. The molecule has 0 radical (unpaired) electrons. The molecule has 80 valence electrons. The maximum absolute atomic E-state index is 3.30. The number of aromatic nitrogens is 1. The first kappa shape index (κ1) is 10.3. The molecule has 1 N–H and O–H groups in total. The van der Waals surface area contributed by atoms with E-state index in [-0.39, 0.29) is 5.41 Å². The zero-order valence-corrected chi connectivity index (χ0v) is 10.2. The van der Waals surface area contributed by atoms with Crippen molar-refractivity contribution >= 4 is 10.9 Å². The second kappa shape index (κ2) is 3.13. The number of aryl methyl sites for hydroxylation is 1. The quantitative estimate of drug-likeness (QED) is 0.661. The van der Waals surface area contributed by atoms with Crippen LogP contribution < -0.4 is 0 Å². The van der Waals surface area contributed by atoms with E-state index in [2.05, 4.69) is 51.7 Å². The van der Waals surface area contributed by atoms with Gasteiger partial charge in [0.1, 0.15) is 0 Å². The fourth-order valence-electron chi connectivity index (χ4n) is 2.41. The Balaban J connectivity index is 2.90. The summed E-state index contributed by atoms with van der Waals surface area (Å²) in [6.45, 7) is 11.2. The van der Waals surface area contributed by atoms with Gasteiger partial charge in [-0.3, -0.25) is 0 Å². The molecule has 15 heavy (non-hydrogen) atoms. The maximum atomic E-state index is 3.30. The molecule has 2 aromatic rings. The molecule has 0 fully saturated rings. The Morgan fingerprint density at radius 1 is 1.13 bits per heavy atom. The van der Waals surface area contributed by atoms with Crippen LogP contribution in [0.2, 0.25) is 0 Å². The van der Waals surface area contributed by atoms with Crippen molar-refractivity contribution < 1.29 is 0 Å². The molecule has 1 aromatic carbocycles. The van der Waals surface area contributed by atoms with Gasteiger partial charge in [0.2, 0.25) is 0 Å². The Morgan fingerprint density at radius 2 is 1.80 bits per heavy atom. The van der Waals surface area contributed by atoms with Gasteiger partial charge in [0, 0.05) is 17.1 Å². The van der Waals surface area contributed by atoms with Crippen LogP contribution in [0.4, 0.5) is 0 Å². The van der Waals surface area contributed by atoms with Crippen molar-refractivity contribution in [2.24, 2.45) is 0 Å². The summed E-state index contributed by atoms with van der Waals surface area (Å²) in [7, 11) is 0. The lowest BCUT2D eigenvalue weighted by atomic mass is 9.80. The third-order valence-corrected chi connectivity index (χ3v) is 3.13. The van der Waals surface area contributed by atoms with Crippen molar-refractivity contribution in [2.45, 2.75) is 40.0 Å². The van der Waals surface area contributed by atoms with Crippen molar-refractivity contribution in [1.29, 1.82) is 0 Å². The van der Waals surface area contributed by atoms with E-state index in [0.717, 1.165) is 0 Å². The molecule has 0 aliphatic rings. The van der Waals surface area contributed by atoms with Gasteiger partial charge >= 0.3 is 0 Å². The van der Waals surface area contributed by atoms with Crippen molar-refractivity contribution in [2.75, 3.05) is 0 Å². The minimum absolute atomic E-state index is 0.205. The molecule has 1 nitrogen and oxygen atoms in total. The first-order valence-corrected chi connectivity index (χ1v) is 5.49. The minimum atomic E-state index is 0.205. The summed E-state index contributed by atoms with van der Waals surface area (Å²) in [5, 5.41) is 1.37. The minimum Gasteiger partial charge on any atom is -0.361 e. The van der Waals surface area contributed by atoms with E-state index in [9.17, 15) is 0 Å². The molecular weight excluding hydrogens is 182 g/mol. The van der Waals surface area contributed by atoms with Crippen LogP contribution in [0.1, 0.15) is 37.5 Å². The lowest BCUT2D eigenvalue weighted by molar-refractivity contribution is 0.591. The highest BCUT2D eigenvalue weighted by Gasteiger charge is 2.20. The van der Waals surface area contributed by atoms with E-state index in [0.29, 0.717) is 0 Å². The predicted octanol–water partition coefficient (Wildman–Crippen LogP) is 4.08. The van der Waals surface area contributed by atoms with E-state index in [1.807, 2.05) is 6.20 Å². The first-order valence-electron chi connectivity index (χ1n) is 5.49. The standard InChI is InChI=1S/C14H19N/c1-9-8-12-11(6-7-15-12)13(10(9)2)14(3,4)5/h6-8,15H,1-5H3. The van der Waals surface area contributed by atoms with Crippen LogP contribution in [0.5, 0.6) is 0 Å². The highest BCUT2D eigenvalue weighted by molar-refractivity contribution is 5.86. The number of hydrogen-bond donors (Lipinski definition) is 1. The molecule has 0 aliphatic heterocycles. The van der Waals surface area contributed by atoms with Gasteiger partial charge < -0.3 is 4.98 Å². The molecule has 0 unspecified atom stereocenters. The van der Waals surface area contributed by atoms with Gasteiger partial charge in [-0.1, -0.05) is 20.8 Å². The highest BCUT2D eigenvalue weighted by Crippen LogP contribution is 2.34. The number of benzene rings is 1. The summed E-state index contributed by atoms with van der Waals surface area (Å²) < 4.78 is 0. The topological polar surface area (TPSA) is 15.8 Å². The predicted molar refractivity (Wildman–Crippen MR) is 66.5 cm³/mol. The Hall–Kier alpha value is -1.24. The van der Waals surface area contributed by atoms with Gasteiger partial charge in [0.05, 0.1) is 0 Å². The highest BCUT2D eigenvalue weighted by atomic mass is 14.7. The van der Waals surface area contributed by atoms with Gasteiger partial charge in [0.25, 0.3) is 0 Å². The van der Waals surface area contributed by atoms with Crippen LogP contribution in [0.25, 0.3) is 10.9 Å². The second-order valence-electron chi connectivity index (χ2n) is 5.38. The van der Waals surface area contributed by atoms with Gasteiger partial charge in [-0.05, 0) is 48.1 Å². The van der Waals surface area contributed by atoms with Gasteiger partial charge in [-0.2, -0.15) is 0 Å². The third-order valence-electron chi connectivity index (χ3n) is 3.13. The van der Waals surface area contributed by atoms with Crippen molar-refractivity contribution in [1.82, 2.24) is 4.98 Å². The molecule has 1 heterocycles. The molecule has 0 saturated carbocycles. The van der Waals surface area contributed by atoms with Crippen LogP contribution in [-0.4, -0.2) is 4.98 Å². The van der Waals surface area contributed by atoms with E-state index in [1.165, 1.54) is 27.6 Å². The van der Waals surface area contributed by atoms with Crippen molar-refractivity contribution in [3.63, 3.8) is 0 Å². The molecule has 0 saturated heterocycles. The molecule has 2 rings (SSSR count). The molecule has 1 heteroatoms. The third kappa shape index (κ3) is 1.56. The second-order valence-corrected chi connectivity index (χ2v) is 5.38. The van der Waals surface area contributed by atoms with E-state index < -0.39 is 0 Å². The number of H-pyrrole nitrogens is 1. The zero-order valence-electron chi connectivity index (χ0n) is 10.2. The van der Waals surface area contributed by atoms with Gasteiger partial charge in [-0.15, -0.1) is 0 Å². The summed E-state index contributed by atoms with van der Waals surface area (Å²) in [6, 6.07) is 4.42. The largest absolute Gasteiger partial charge is 0.361 e. The maximum Gasteiger partial charge on any atom is 0.0459 e. The number of aromatic amines is 1. The van der Waals surface area contributed by atoms with Gasteiger partial charge in [0.15, 0.2) is 0 Å². The number of nitrogens with one attached hydrogen (secondary N) is 1. The van der Waals surface area contributed by atoms with E-state index >= 15 is 0 Å². The fraction of sp³-hybridized carbons (Fsp3) is 0.429. The Morgan fingerprint density at radius 3 is 2.40 bits per heavy atom. The average molecular weight is 201 g/mol. The summed E-state index contributed by atoms with van der Waals surface area (Å²) in [6.07, 6.45) is 2.03. The van der Waals surface area contributed by atoms with Crippen LogP contribution in [0.15, 0.2) is 18.3 Å². The Labute approximate surface area is 91.5 Å². The lowest BCUT2D eigenvalue weighted by Gasteiger charge is -2.24. The van der Waals surface area contributed by atoms with Crippen LogP contribution in [0.3, 0.4) is 0 Å². The summed E-state index contributed by atoms with van der Waals surface area (Å²) in [5.74, 6) is 0. The molecule has 1 aromatic heterocycles. The molecule has 0 bridgehead atoms. The van der Waals surface area contributed by atoms with Gasteiger partial charge in [-0.25, -0.2) is 0 Å². The van der Waals surface area contributed by atoms with Crippen LogP contribution in [-0.2, 0) is 5.41 Å². The normalized spacial score (nSPS) is 12.3. The zero-order chi connectivity index (χ0) is 11.2. The van der Waals surface area contributed by atoms with Crippen molar-refractivity contribution in [3.8, 4) is 0 Å².